The van der Waals surface area contributed by atoms with Crippen molar-refractivity contribution in [2.75, 3.05) is 317 Å². The van der Waals surface area contributed by atoms with Crippen LogP contribution < -0.4 is 5.32 Å². The molecule has 0 aromatic heterocycles. The van der Waals surface area contributed by atoms with Gasteiger partial charge in [-0.25, -0.2) is 0 Å². The van der Waals surface area contributed by atoms with Gasteiger partial charge in [0.25, 0.3) is 0 Å². The van der Waals surface area contributed by atoms with E-state index in [1.807, 2.05) is 0 Å². The fourth-order valence-corrected chi connectivity index (χ4v) is 8.98. The maximum atomic E-state index is 12.1. The highest BCUT2D eigenvalue weighted by Gasteiger charge is 2.04. The molecule has 0 saturated heterocycles. The number of amides is 1. The number of carbonyl (C=O) groups is 1. The summed E-state index contributed by atoms with van der Waals surface area (Å²) in [4.78, 5) is 14.8. The number of ether oxygens (including phenoxy) is 23. The van der Waals surface area contributed by atoms with Crippen LogP contribution in [0.1, 0.15) is 142 Å². The Hall–Kier alpha value is -2.14. The molecule has 0 aromatic rings. The number of unbranched alkanes of at least 4 members (excludes halogenated alkanes) is 19. The van der Waals surface area contributed by atoms with E-state index in [4.69, 9.17) is 114 Å². The monoisotopic (exact) mass is 1440 g/mol. The zero-order valence-electron chi connectivity index (χ0n) is 61.9. The molecule has 0 heterocycles. The molecule has 0 unspecified atom stereocenters. The van der Waals surface area contributed by atoms with E-state index in [0.29, 0.717) is 323 Å². The minimum atomic E-state index is 0.115. The topological polar surface area (TPSA) is 290 Å². The first-order valence-electron chi connectivity index (χ1n) is 37.9. The lowest BCUT2D eigenvalue weighted by atomic mass is 10.0. The predicted molar refractivity (Wildman–Crippen MR) is 378 cm³/mol. The Bertz CT molecular complexity index is 1530. The molecule has 1 amide bonds. The predicted octanol–water partition coefficient (Wildman–Crippen LogP) is 9.01. The van der Waals surface area contributed by atoms with Gasteiger partial charge in [-0.15, -0.1) is 0 Å². The third-order valence-corrected chi connectivity index (χ3v) is 14.4. The first kappa shape index (κ1) is 96.9. The number of nitrogens with zero attached hydrogens (tertiary/aromatic N) is 3. The van der Waals surface area contributed by atoms with Crippen molar-refractivity contribution in [1.82, 2.24) is 5.32 Å². The highest BCUT2D eigenvalue weighted by atomic mass is 16.6. The molecule has 28 nitrogen and oxygen atoms in total. The van der Waals surface area contributed by atoms with Crippen LogP contribution in [0.25, 0.3) is 10.4 Å². The standard InChI is InChI=1S/C71H142N4O24/c1-2-3-4-5-6-7-8-9-10-11-12-13-14-15-16-17-18-19-20-21-22-71(76)73-23-25-77-27-29-79-31-33-81-35-37-83-39-41-85-43-45-87-47-49-89-51-53-91-55-57-93-59-61-95-63-65-97-67-69-99-70-68-98-66-64-96-62-60-94-58-56-92-54-52-90-50-48-88-46-44-86-42-40-84-38-36-82-34-32-80-30-28-78-26-24-74-75-72/h2-70H2,1H3,(H,73,76). The number of azide groups is 1. The van der Waals surface area contributed by atoms with Gasteiger partial charge in [0.1, 0.15) is 0 Å². The van der Waals surface area contributed by atoms with Crippen LogP contribution in [-0.4, -0.2) is 323 Å². The highest BCUT2D eigenvalue weighted by molar-refractivity contribution is 5.75. The van der Waals surface area contributed by atoms with Crippen LogP contribution in [0, 0.1) is 0 Å². The average molecular weight is 1440 g/mol. The van der Waals surface area contributed by atoms with E-state index < -0.39 is 0 Å². The first-order valence-corrected chi connectivity index (χ1v) is 37.9. The fourth-order valence-electron chi connectivity index (χ4n) is 8.98. The average Bonchev–Trinajstić information content (AvgIpc) is 3.69. The number of rotatable bonds is 93. The van der Waals surface area contributed by atoms with Crippen molar-refractivity contribution in [3.63, 3.8) is 0 Å². The van der Waals surface area contributed by atoms with Crippen molar-refractivity contribution in [2.24, 2.45) is 5.11 Å². The first-order chi connectivity index (χ1) is 49.3. The number of carbonyl (C=O) groups excluding carboxylic acids is 1. The number of nitrogens with one attached hydrogen (secondary N) is 1. The van der Waals surface area contributed by atoms with Gasteiger partial charge >= 0.3 is 0 Å². The Morgan fingerprint density at radius 2 is 0.384 bits per heavy atom. The third kappa shape index (κ3) is 93.8. The lowest BCUT2D eigenvalue weighted by Gasteiger charge is -2.09. The highest BCUT2D eigenvalue weighted by Crippen LogP contribution is 2.15. The quantitative estimate of drug-likeness (QED) is 0.0257. The van der Waals surface area contributed by atoms with Crippen molar-refractivity contribution in [1.29, 1.82) is 0 Å². The van der Waals surface area contributed by atoms with Crippen LogP contribution in [0.3, 0.4) is 0 Å². The van der Waals surface area contributed by atoms with Gasteiger partial charge in [-0.3, -0.25) is 4.79 Å². The molecule has 0 aromatic carbocycles. The van der Waals surface area contributed by atoms with Gasteiger partial charge in [0.15, 0.2) is 0 Å². The van der Waals surface area contributed by atoms with Crippen LogP contribution in [0.15, 0.2) is 5.11 Å². The van der Waals surface area contributed by atoms with Gasteiger partial charge in [-0.1, -0.05) is 134 Å². The summed E-state index contributed by atoms with van der Waals surface area (Å²) in [5.74, 6) is 0.115. The Labute approximate surface area is 597 Å². The summed E-state index contributed by atoms with van der Waals surface area (Å²) in [5.41, 5.74) is 8.18. The van der Waals surface area contributed by atoms with Crippen LogP contribution in [0.4, 0.5) is 0 Å². The molecule has 0 aliphatic rings. The molecular formula is C71H142N4O24. The second-order valence-electron chi connectivity index (χ2n) is 22.9. The lowest BCUT2D eigenvalue weighted by molar-refractivity contribution is -0.121. The van der Waals surface area contributed by atoms with Crippen molar-refractivity contribution >= 4 is 5.91 Å². The Morgan fingerprint density at radius 3 is 0.556 bits per heavy atom. The second-order valence-corrected chi connectivity index (χ2v) is 22.9. The molecule has 0 rings (SSSR count). The second kappa shape index (κ2) is 93.9. The summed E-state index contributed by atoms with van der Waals surface area (Å²) >= 11 is 0. The maximum absolute atomic E-state index is 12.1. The summed E-state index contributed by atoms with van der Waals surface area (Å²) < 4.78 is 127. The van der Waals surface area contributed by atoms with E-state index in [-0.39, 0.29) is 5.91 Å². The van der Waals surface area contributed by atoms with E-state index >= 15 is 0 Å². The van der Waals surface area contributed by atoms with E-state index in [1.54, 1.807) is 0 Å². The number of hydrogen-bond donors (Lipinski definition) is 1. The van der Waals surface area contributed by atoms with Crippen LogP contribution >= 0.6 is 0 Å². The minimum absolute atomic E-state index is 0.115. The molecule has 1 N–H and O–H groups in total. The molecule has 590 valence electrons. The normalized spacial score (nSPS) is 11.6. The van der Waals surface area contributed by atoms with E-state index in [2.05, 4.69) is 22.3 Å². The van der Waals surface area contributed by atoms with Crippen molar-refractivity contribution < 1.29 is 114 Å². The largest absolute Gasteiger partial charge is 0.379 e. The summed E-state index contributed by atoms with van der Waals surface area (Å²) in [6, 6.07) is 0. The van der Waals surface area contributed by atoms with E-state index in [9.17, 15) is 4.79 Å². The van der Waals surface area contributed by atoms with E-state index in [1.165, 1.54) is 116 Å². The van der Waals surface area contributed by atoms with Gasteiger partial charge in [-0.2, -0.15) is 0 Å². The molecule has 28 heteroatoms. The van der Waals surface area contributed by atoms with Gasteiger partial charge in [0.05, 0.1) is 304 Å². The van der Waals surface area contributed by atoms with Gasteiger partial charge in [-0.05, 0) is 12.0 Å². The van der Waals surface area contributed by atoms with Crippen molar-refractivity contribution in [2.45, 2.75) is 142 Å². The summed E-state index contributed by atoms with van der Waals surface area (Å²) in [6.45, 7) is 25.2. The zero-order chi connectivity index (χ0) is 70.8. The third-order valence-electron chi connectivity index (χ3n) is 14.4. The molecule has 0 aliphatic heterocycles. The molecular weight excluding hydrogens is 1290 g/mol. The van der Waals surface area contributed by atoms with Gasteiger partial charge in [0, 0.05) is 24.4 Å². The molecule has 0 saturated carbocycles. The summed E-state index contributed by atoms with van der Waals surface area (Å²) in [6.07, 6.45) is 27.8. The maximum Gasteiger partial charge on any atom is 0.220 e. The van der Waals surface area contributed by atoms with Gasteiger partial charge < -0.3 is 114 Å². The Kier molecular flexibility index (Phi) is 91.8. The molecule has 0 aliphatic carbocycles. The smallest absolute Gasteiger partial charge is 0.220 e. The SMILES string of the molecule is CCCCCCCCCCCCCCCCCCCCCCC(=O)NCCOCCOCCOCCOCCOCCOCCOCCOCCOCCOCCOCCOCCOCCOCCOCCOCCOCCOCCOCCOCCOCCOCCOCCN=[N+]=[N-]. The molecule has 99 heavy (non-hydrogen) atoms. The van der Waals surface area contributed by atoms with Crippen molar-refractivity contribution in [3.8, 4) is 0 Å². The Balaban J connectivity index is 3.12. The van der Waals surface area contributed by atoms with Crippen LogP contribution in [-0.2, 0) is 114 Å². The fraction of sp³-hybridized carbons (Fsp3) is 0.986. The van der Waals surface area contributed by atoms with E-state index in [0.717, 1.165) is 12.8 Å². The minimum Gasteiger partial charge on any atom is -0.379 e. The molecule has 0 radical (unpaired) electrons. The lowest BCUT2D eigenvalue weighted by Crippen LogP contribution is -2.27. The molecule has 0 bridgehead atoms. The van der Waals surface area contributed by atoms with Crippen LogP contribution in [0.2, 0.25) is 0 Å². The molecule has 0 fully saturated rings. The summed E-state index contributed by atoms with van der Waals surface area (Å²) in [5, 5.41) is 6.34. The molecule has 0 spiro atoms. The van der Waals surface area contributed by atoms with Crippen LogP contribution in [0.5, 0.6) is 0 Å². The molecule has 0 atom stereocenters. The summed E-state index contributed by atoms with van der Waals surface area (Å²) in [7, 11) is 0. The van der Waals surface area contributed by atoms with Gasteiger partial charge in [0.2, 0.25) is 5.91 Å². The zero-order valence-corrected chi connectivity index (χ0v) is 61.9. The number of hydrogen-bond acceptors (Lipinski definition) is 25. The Morgan fingerprint density at radius 1 is 0.232 bits per heavy atom. The van der Waals surface area contributed by atoms with Crippen molar-refractivity contribution in [3.05, 3.63) is 10.4 Å².